The van der Waals surface area contributed by atoms with E-state index in [4.69, 9.17) is 20.4 Å². The molecule has 0 fully saturated rings. The molecule has 0 atom stereocenters. The minimum absolute atomic E-state index is 0.305. The van der Waals surface area contributed by atoms with Gasteiger partial charge in [0, 0.05) is 10.6 Å². The second-order valence-corrected chi connectivity index (χ2v) is 7.14. The largest absolute Gasteiger partial charge is 0.467 e. The van der Waals surface area contributed by atoms with E-state index in [0.29, 0.717) is 28.3 Å². The molecule has 0 aliphatic rings. The van der Waals surface area contributed by atoms with Crippen LogP contribution in [0.1, 0.15) is 11.5 Å². The zero-order valence-electron chi connectivity index (χ0n) is 14.8. The number of thioether (sulfide) groups is 1. The van der Waals surface area contributed by atoms with Gasteiger partial charge in [-0.2, -0.15) is 0 Å². The highest BCUT2D eigenvalue weighted by Crippen LogP contribution is 2.28. The van der Waals surface area contributed by atoms with Gasteiger partial charge in [-0.3, -0.25) is 14.7 Å². The van der Waals surface area contributed by atoms with Crippen molar-refractivity contribution in [3.63, 3.8) is 0 Å². The average Bonchev–Trinajstić information content (AvgIpc) is 3.45. The number of halogens is 1. The Labute approximate surface area is 174 Å². The van der Waals surface area contributed by atoms with Crippen molar-refractivity contribution in [2.24, 2.45) is 0 Å². The Kier molecular flexibility index (Phi) is 5.50. The van der Waals surface area contributed by atoms with Crippen LogP contribution in [0.2, 0.25) is 5.02 Å². The normalized spacial score (nSPS) is 11.3. The zero-order valence-corrected chi connectivity index (χ0v) is 16.3. The van der Waals surface area contributed by atoms with Crippen molar-refractivity contribution in [2.75, 3.05) is 0 Å². The Hall–Kier alpha value is -3.30. The first-order chi connectivity index (χ1) is 14.1. The number of hydrogen-bond acceptors (Lipinski definition) is 7. The lowest BCUT2D eigenvalue weighted by Gasteiger charge is -2.07. The van der Waals surface area contributed by atoms with Crippen LogP contribution in [0.15, 0.2) is 74.2 Å². The molecule has 0 spiro atoms. The van der Waals surface area contributed by atoms with Gasteiger partial charge in [-0.05, 0) is 53.9 Å². The third-order valence-corrected chi connectivity index (χ3v) is 4.95. The molecule has 29 heavy (non-hydrogen) atoms. The predicted octanol–water partition coefficient (Wildman–Crippen LogP) is 5.50. The predicted molar refractivity (Wildman–Crippen MR) is 109 cm³/mol. The summed E-state index contributed by atoms with van der Waals surface area (Å²) >= 11 is 7.30. The molecule has 3 aromatic heterocycles. The lowest BCUT2D eigenvalue weighted by Crippen LogP contribution is -2.03. The summed E-state index contributed by atoms with van der Waals surface area (Å²) in [7, 11) is 0. The minimum atomic E-state index is -0.580. The second kappa shape index (κ2) is 8.38. The smallest absolute Gasteiger partial charge is 0.433 e. The van der Waals surface area contributed by atoms with Gasteiger partial charge in [-0.15, -0.1) is 10.2 Å². The van der Waals surface area contributed by atoms with E-state index in [1.54, 1.807) is 29.9 Å². The monoisotopic (exact) mass is 428 g/mol. The molecule has 4 aromatic rings. The highest BCUT2D eigenvalue weighted by atomic mass is 35.5. The van der Waals surface area contributed by atoms with Crippen molar-refractivity contribution < 1.29 is 13.8 Å². The third-order valence-electron chi connectivity index (χ3n) is 3.91. The molecular weight excluding hydrogens is 416 g/mol. The lowest BCUT2D eigenvalue weighted by atomic mass is 10.2. The van der Waals surface area contributed by atoms with E-state index in [2.05, 4.69) is 10.2 Å². The van der Waals surface area contributed by atoms with Gasteiger partial charge in [-0.25, -0.2) is 0 Å². The molecule has 0 unspecified atom stereocenters. The number of rotatable bonds is 7. The van der Waals surface area contributed by atoms with Crippen LogP contribution in [0.5, 0.6) is 0 Å². The number of hydrogen-bond donors (Lipinski definition) is 0. The summed E-state index contributed by atoms with van der Waals surface area (Å²) in [6, 6.07) is 13.9. The molecule has 146 valence electrons. The molecule has 0 radical (unpaired) electrons. The van der Waals surface area contributed by atoms with Gasteiger partial charge in [-0.1, -0.05) is 23.4 Å². The number of nitro groups is 1. The van der Waals surface area contributed by atoms with E-state index < -0.39 is 4.92 Å². The number of nitrogens with zero attached hydrogens (tertiary/aromatic N) is 4. The first-order valence-electron chi connectivity index (χ1n) is 8.39. The molecule has 0 bridgehead atoms. The van der Waals surface area contributed by atoms with Crippen molar-refractivity contribution in [3.05, 3.63) is 86.9 Å². The Morgan fingerprint density at radius 1 is 1.17 bits per heavy atom. The molecular formula is C19H13ClN4O4S. The first kappa shape index (κ1) is 19.0. The van der Waals surface area contributed by atoms with E-state index in [0.717, 1.165) is 11.3 Å². The summed E-state index contributed by atoms with van der Waals surface area (Å²) in [5.74, 6) is 1.50. The van der Waals surface area contributed by atoms with Crippen LogP contribution in [0, 0.1) is 10.1 Å². The maximum Gasteiger partial charge on any atom is 0.433 e. The van der Waals surface area contributed by atoms with Gasteiger partial charge >= 0.3 is 5.88 Å². The van der Waals surface area contributed by atoms with Gasteiger partial charge in [0.25, 0.3) is 0 Å². The van der Waals surface area contributed by atoms with Crippen molar-refractivity contribution in [2.45, 2.75) is 11.7 Å². The van der Waals surface area contributed by atoms with Gasteiger partial charge in [0.1, 0.15) is 16.4 Å². The molecule has 0 saturated carbocycles. The number of benzene rings is 1. The van der Waals surface area contributed by atoms with Crippen LogP contribution in [0.4, 0.5) is 5.88 Å². The van der Waals surface area contributed by atoms with Crippen LogP contribution >= 0.6 is 23.4 Å². The molecule has 10 heteroatoms. The summed E-state index contributed by atoms with van der Waals surface area (Å²) in [6.07, 6.45) is 3.24. The molecule has 4 rings (SSSR count). The standard InChI is InChI=1S/C19H13ClN4O4S/c20-14-5-3-13(4-6-14)18-21-22-19(23(18)12-16-2-1-10-27-16)29-11-9-15-7-8-17(28-15)24(25)26/h1-11H,12H2/b11-9+. The molecule has 0 saturated heterocycles. The molecule has 3 heterocycles. The van der Waals surface area contributed by atoms with Gasteiger partial charge in [0.05, 0.1) is 18.9 Å². The number of aromatic nitrogens is 3. The molecule has 0 N–H and O–H groups in total. The first-order valence-corrected chi connectivity index (χ1v) is 9.65. The van der Waals surface area contributed by atoms with E-state index in [1.807, 2.05) is 28.8 Å². The topological polar surface area (TPSA) is 100 Å². The lowest BCUT2D eigenvalue weighted by molar-refractivity contribution is -0.402. The van der Waals surface area contributed by atoms with Crippen LogP contribution in [-0.4, -0.2) is 19.7 Å². The Morgan fingerprint density at radius 3 is 2.69 bits per heavy atom. The van der Waals surface area contributed by atoms with E-state index in [9.17, 15) is 10.1 Å². The summed E-state index contributed by atoms with van der Waals surface area (Å²) < 4.78 is 12.5. The minimum Gasteiger partial charge on any atom is -0.467 e. The highest BCUT2D eigenvalue weighted by Gasteiger charge is 2.15. The Morgan fingerprint density at radius 2 is 2.00 bits per heavy atom. The van der Waals surface area contributed by atoms with Crippen LogP contribution in [0.25, 0.3) is 17.5 Å². The van der Waals surface area contributed by atoms with Gasteiger partial charge < -0.3 is 8.83 Å². The fraction of sp³-hybridized carbons (Fsp3) is 0.0526. The molecule has 0 amide bonds. The highest BCUT2D eigenvalue weighted by molar-refractivity contribution is 8.02. The molecule has 0 aliphatic heterocycles. The Balaban J connectivity index is 1.60. The quantitative estimate of drug-likeness (QED) is 0.217. The third kappa shape index (κ3) is 4.41. The molecule has 0 aliphatic carbocycles. The van der Waals surface area contributed by atoms with E-state index >= 15 is 0 Å². The van der Waals surface area contributed by atoms with Crippen molar-refractivity contribution in [1.82, 2.24) is 14.8 Å². The number of furan rings is 2. The van der Waals surface area contributed by atoms with Crippen molar-refractivity contribution in [1.29, 1.82) is 0 Å². The van der Waals surface area contributed by atoms with Crippen LogP contribution < -0.4 is 0 Å². The summed E-state index contributed by atoms with van der Waals surface area (Å²) in [4.78, 5) is 10.1. The Bertz CT molecular complexity index is 1150. The second-order valence-electron chi connectivity index (χ2n) is 5.83. The van der Waals surface area contributed by atoms with E-state index in [1.165, 1.54) is 23.9 Å². The van der Waals surface area contributed by atoms with Gasteiger partial charge in [0.2, 0.25) is 0 Å². The average molecular weight is 429 g/mol. The molecule has 1 aromatic carbocycles. The van der Waals surface area contributed by atoms with Crippen LogP contribution in [0.3, 0.4) is 0 Å². The summed E-state index contributed by atoms with van der Waals surface area (Å²) in [5, 5.41) is 22.3. The van der Waals surface area contributed by atoms with Crippen LogP contribution in [-0.2, 0) is 6.54 Å². The maximum absolute atomic E-state index is 10.7. The van der Waals surface area contributed by atoms with Gasteiger partial charge in [0.15, 0.2) is 11.0 Å². The summed E-state index contributed by atoms with van der Waals surface area (Å²) in [5.41, 5.74) is 0.867. The van der Waals surface area contributed by atoms with Crippen molar-refractivity contribution >= 4 is 35.3 Å². The fourth-order valence-corrected chi connectivity index (χ4v) is 3.40. The summed E-state index contributed by atoms with van der Waals surface area (Å²) in [6.45, 7) is 0.445. The fourth-order valence-electron chi connectivity index (χ4n) is 2.58. The van der Waals surface area contributed by atoms with E-state index in [-0.39, 0.29) is 5.88 Å². The maximum atomic E-state index is 10.7. The molecule has 8 nitrogen and oxygen atoms in total. The SMILES string of the molecule is O=[N+]([O-])c1ccc(/C=C/Sc2nnc(-c3ccc(Cl)cc3)n2Cc2ccco2)o1. The zero-order chi connectivity index (χ0) is 20.2. The van der Waals surface area contributed by atoms with Crippen molar-refractivity contribution in [3.8, 4) is 11.4 Å².